The molecule has 0 saturated carbocycles. The molecule has 3 nitrogen and oxygen atoms in total. The van der Waals surface area contributed by atoms with Crippen LogP contribution in [0.2, 0.25) is 0 Å². The van der Waals surface area contributed by atoms with E-state index in [4.69, 9.17) is 4.74 Å². The maximum atomic E-state index is 5.32. The van der Waals surface area contributed by atoms with Crippen LogP contribution < -0.4 is 4.74 Å². The Kier molecular flexibility index (Phi) is 2.46. The Morgan fingerprint density at radius 2 is 1.93 bits per heavy atom. The van der Waals surface area contributed by atoms with E-state index in [1.54, 1.807) is 7.11 Å². The molecule has 0 unspecified atom stereocenters. The van der Waals surface area contributed by atoms with Gasteiger partial charge in [-0.3, -0.25) is 4.57 Å². The molecule has 0 aliphatic carbocycles. The quantitative estimate of drug-likeness (QED) is 0.748. The summed E-state index contributed by atoms with van der Waals surface area (Å²) in [5, 5.41) is 0. The van der Waals surface area contributed by atoms with E-state index in [1.807, 2.05) is 42.1 Å². The number of ether oxygens (including phenoxy) is 1. The number of aryl methyl sites for hydroxylation is 1. The maximum absolute atomic E-state index is 5.32. The lowest BCUT2D eigenvalue weighted by atomic mass is 10.2. The first-order valence-electron chi connectivity index (χ1n) is 4.88. The van der Waals surface area contributed by atoms with E-state index in [0.29, 0.717) is 0 Å². The van der Waals surface area contributed by atoms with Crippen LogP contribution in [-0.2, 0) is 0 Å². The minimum absolute atomic E-state index is 0.859. The third kappa shape index (κ3) is 1.61. The molecular weight excluding hydrogens is 188 g/mol. The monoisotopic (exact) mass is 202 g/mol. The number of hydrogen-bond donors (Lipinski definition) is 0. The topological polar surface area (TPSA) is 27.1 Å². The van der Waals surface area contributed by atoms with Gasteiger partial charge in [-0.2, -0.15) is 0 Å². The molecule has 0 spiro atoms. The average Bonchev–Trinajstić information content (AvgIpc) is 2.60. The summed E-state index contributed by atoms with van der Waals surface area (Å²) in [5.41, 5.74) is 3.21. The van der Waals surface area contributed by atoms with E-state index in [9.17, 15) is 0 Å². The zero-order valence-electron chi connectivity index (χ0n) is 9.19. The van der Waals surface area contributed by atoms with E-state index in [2.05, 4.69) is 11.9 Å². The molecule has 0 N–H and O–H groups in total. The maximum Gasteiger partial charge on any atom is 0.142 e. The Balaban J connectivity index is 2.58. The lowest BCUT2D eigenvalue weighted by Crippen LogP contribution is -1.98. The highest BCUT2D eigenvalue weighted by molar-refractivity contribution is 5.47. The average molecular weight is 202 g/mol. The highest BCUT2D eigenvalue weighted by Gasteiger charge is 2.08. The summed E-state index contributed by atoms with van der Waals surface area (Å²) in [6.45, 7) is 4.05. The van der Waals surface area contributed by atoms with Gasteiger partial charge in [0, 0.05) is 5.69 Å². The van der Waals surface area contributed by atoms with Gasteiger partial charge >= 0.3 is 0 Å². The van der Waals surface area contributed by atoms with Gasteiger partial charge in [0.15, 0.2) is 0 Å². The lowest BCUT2D eigenvalue weighted by Gasteiger charge is -2.10. The molecule has 0 bridgehead atoms. The number of hydrogen-bond acceptors (Lipinski definition) is 2. The van der Waals surface area contributed by atoms with Crippen molar-refractivity contribution < 1.29 is 4.74 Å². The number of nitrogens with zero attached hydrogens (tertiary/aromatic N) is 2. The van der Waals surface area contributed by atoms with Gasteiger partial charge in [-0.05, 0) is 26.0 Å². The summed E-state index contributed by atoms with van der Waals surface area (Å²) in [7, 11) is 1.68. The summed E-state index contributed by atoms with van der Waals surface area (Å²) in [5.74, 6) is 0.859. The minimum atomic E-state index is 0.859. The SMILES string of the molecule is COc1ccccc1-n1cnc(C)c1C. The molecule has 78 valence electrons. The summed E-state index contributed by atoms with van der Waals surface area (Å²) in [4.78, 5) is 4.28. The van der Waals surface area contributed by atoms with Crippen molar-refractivity contribution in [2.24, 2.45) is 0 Å². The van der Waals surface area contributed by atoms with Crippen LogP contribution in [-0.4, -0.2) is 16.7 Å². The van der Waals surface area contributed by atoms with E-state index in [0.717, 1.165) is 22.8 Å². The van der Waals surface area contributed by atoms with Crippen molar-refractivity contribution >= 4 is 0 Å². The van der Waals surface area contributed by atoms with Crippen molar-refractivity contribution in [2.45, 2.75) is 13.8 Å². The fraction of sp³-hybridized carbons (Fsp3) is 0.250. The zero-order valence-corrected chi connectivity index (χ0v) is 9.19. The molecule has 0 amide bonds. The Labute approximate surface area is 89.3 Å². The predicted octanol–water partition coefficient (Wildman–Crippen LogP) is 2.50. The standard InChI is InChI=1S/C12H14N2O/c1-9-10(2)14(8-13-9)11-6-4-5-7-12(11)15-3/h4-8H,1-3H3. The number of rotatable bonds is 2. The van der Waals surface area contributed by atoms with E-state index in [-0.39, 0.29) is 0 Å². The fourth-order valence-corrected chi connectivity index (χ4v) is 1.57. The van der Waals surface area contributed by atoms with Crippen LogP contribution in [0, 0.1) is 13.8 Å². The van der Waals surface area contributed by atoms with Crippen LogP contribution in [0.15, 0.2) is 30.6 Å². The second-order valence-corrected chi connectivity index (χ2v) is 3.46. The molecule has 2 aromatic rings. The van der Waals surface area contributed by atoms with Gasteiger partial charge in [-0.15, -0.1) is 0 Å². The van der Waals surface area contributed by atoms with Crippen molar-refractivity contribution in [2.75, 3.05) is 7.11 Å². The summed E-state index contributed by atoms with van der Waals surface area (Å²) < 4.78 is 7.35. The first-order valence-corrected chi connectivity index (χ1v) is 4.88. The number of benzene rings is 1. The van der Waals surface area contributed by atoms with Gasteiger partial charge < -0.3 is 4.74 Å². The Hall–Kier alpha value is -1.77. The van der Waals surface area contributed by atoms with Crippen molar-refractivity contribution in [1.82, 2.24) is 9.55 Å². The van der Waals surface area contributed by atoms with Crippen LogP contribution in [0.25, 0.3) is 5.69 Å². The number of methoxy groups -OCH3 is 1. The highest BCUT2D eigenvalue weighted by Crippen LogP contribution is 2.23. The van der Waals surface area contributed by atoms with Gasteiger partial charge in [0.1, 0.15) is 5.75 Å². The van der Waals surface area contributed by atoms with Crippen molar-refractivity contribution in [3.63, 3.8) is 0 Å². The third-order valence-electron chi connectivity index (χ3n) is 2.60. The van der Waals surface area contributed by atoms with Crippen LogP contribution in [0.3, 0.4) is 0 Å². The highest BCUT2D eigenvalue weighted by atomic mass is 16.5. The second-order valence-electron chi connectivity index (χ2n) is 3.46. The van der Waals surface area contributed by atoms with E-state index in [1.165, 1.54) is 0 Å². The Morgan fingerprint density at radius 1 is 1.20 bits per heavy atom. The van der Waals surface area contributed by atoms with Crippen LogP contribution in [0.5, 0.6) is 5.75 Å². The lowest BCUT2D eigenvalue weighted by molar-refractivity contribution is 0.412. The Bertz CT molecular complexity index is 474. The third-order valence-corrected chi connectivity index (χ3v) is 2.60. The van der Waals surface area contributed by atoms with Crippen molar-refractivity contribution in [1.29, 1.82) is 0 Å². The first kappa shape index (κ1) is 9.77. The van der Waals surface area contributed by atoms with Gasteiger partial charge in [0.05, 0.1) is 24.8 Å². The molecule has 1 aromatic carbocycles. The van der Waals surface area contributed by atoms with Gasteiger partial charge in [0.2, 0.25) is 0 Å². The van der Waals surface area contributed by atoms with Crippen LogP contribution >= 0.6 is 0 Å². The molecule has 1 aromatic heterocycles. The molecule has 0 saturated heterocycles. The number of aromatic nitrogens is 2. The molecule has 0 atom stereocenters. The molecular formula is C12H14N2O. The largest absolute Gasteiger partial charge is 0.495 e. The molecule has 0 radical (unpaired) electrons. The molecule has 0 aliphatic rings. The summed E-state index contributed by atoms with van der Waals surface area (Å²) in [6.07, 6.45) is 1.82. The van der Waals surface area contributed by atoms with Crippen LogP contribution in [0.4, 0.5) is 0 Å². The molecule has 1 heterocycles. The second kappa shape index (κ2) is 3.77. The molecule has 15 heavy (non-hydrogen) atoms. The van der Waals surface area contributed by atoms with Crippen molar-refractivity contribution in [3.8, 4) is 11.4 Å². The van der Waals surface area contributed by atoms with Crippen molar-refractivity contribution in [3.05, 3.63) is 42.0 Å². The summed E-state index contributed by atoms with van der Waals surface area (Å²) >= 11 is 0. The minimum Gasteiger partial charge on any atom is -0.495 e. The smallest absolute Gasteiger partial charge is 0.142 e. The Morgan fingerprint density at radius 3 is 2.53 bits per heavy atom. The number of para-hydroxylation sites is 2. The molecule has 0 aliphatic heterocycles. The van der Waals surface area contributed by atoms with Gasteiger partial charge in [0.25, 0.3) is 0 Å². The number of imidazole rings is 1. The van der Waals surface area contributed by atoms with E-state index >= 15 is 0 Å². The predicted molar refractivity (Wildman–Crippen MR) is 59.6 cm³/mol. The molecule has 0 fully saturated rings. The zero-order chi connectivity index (χ0) is 10.8. The normalized spacial score (nSPS) is 10.3. The summed E-state index contributed by atoms with van der Waals surface area (Å²) in [6, 6.07) is 7.92. The van der Waals surface area contributed by atoms with E-state index < -0.39 is 0 Å². The van der Waals surface area contributed by atoms with Gasteiger partial charge in [-0.25, -0.2) is 4.98 Å². The molecule has 2 rings (SSSR count). The van der Waals surface area contributed by atoms with Gasteiger partial charge in [-0.1, -0.05) is 12.1 Å². The fourth-order valence-electron chi connectivity index (χ4n) is 1.57. The molecule has 3 heteroatoms. The van der Waals surface area contributed by atoms with Crippen LogP contribution in [0.1, 0.15) is 11.4 Å². The first-order chi connectivity index (χ1) is 7.24.